The number of aliphatic carboxylic acids is 1. The minimum atomic E-state index is -0.799. The topological polar surface area (TPSA) is 75.6 Å². The Kier molecular flexibility index (Phi) is 4.61. The van der Waals surface area contributed by atoms with Gasteiger partial charge in [-0.05, 0) is 43.5 Å². The summed E-state index contributed by atoms with van der Waals surface area (Å²) in [5.74, 6) is -0.776. The molecule has 5 heteroatoms. The third-order valence-corrected chi connectivity index (χ3v) is 3.75. The lowest BCUT2D eigenvalue weighted by Crippen LogP contribution is -2.30. The van der Waals surface area contributed by atoms with Crippen LogP contribution in [0, 0.1) is 11.8 Å². The Morgan fingerprint density at radius 3 is 2.45 bits per heavy atom. The van der Waals surface area contributed by atoms with Gasteiger partial charge in [0.25, 0.3) is 0 Å². The molecule has 2 N–H and O–H groups in total. The molecule has 2 atom stereocenters. The molecule has 2 rings (SSSR count). The number of benzene rings is 1. The Balaban J connectivity index is 1.95. The third kappa shape index (κ3) is 3.50. The van der Waals surface area contributed by atoms with E-state index >= 15 is 0 Å². The number of nitrogens with one attached hydrogen (secondary N) is 1. The van der Waals surface area contributed by atoms with Gasteiger partial charge >= 0.3 is 5.97 Å². The van der Waals surface area contributed by atoms with Crippen LogP contribution in [0.3, 0.4) is 0 Å². The normalized spacial score (nSPS) is 22.1. The van der Waals surface area contributed by atoms with Crippen LogP contribution in [0.15, 0.2) is 24.3 Å². The fourth-order valence-electron chi connectivity index (χ4n) is 2.57. The van der Waals surface area contributed by atoms with Gasteiger partial charge in [-0.2, -0.15) is 0 Å². The van der Waals surface area contributed by atoms with Crippen LogP contribution in [-0.4, -0.2) is 24.1 Å². The Labute approximate surface area is 117 Å². The highest BCUT2D eigenvalue weighted by Gasteiger charge is 2.30. The van der Waals surface area contributed by atoms with Gasteiger partial charge in [0.2, 0.25) is 5.91 Å². The summed E-state index contributed by atoms with van der Waals surface area (Å²) in [6, 6.07) is 7.09. The number of anilines is 1. The molecule has 0 bridgehead atoms. The fourth-order valence-corrected chi connectivity index (χ4v) is 2.57. The van der Waals surface area contributed by atoms with Crippen molar-refractivity contribution in [1.29, 1.82) is 0 Å². The van der Waals surface area contributed by atoms with Crippen LogP contribution < -0.4 is 10.1 Å². The molecule has 1 saturated carbocycles. The van der Waals surface area contributed by atoms with Gasteiger partial charge in [-0.25, -0.2) is 0 Å². The molecule has 108 valence electrons. The lowest BCUT2D eigenvalue weighted by molar-refractivity contribution is -0.143. The summed E-state index contributed by atoms with van der Waals surface area (Å²) in [5, 5.41) is 11.9. The molecule has 2 unspecified atom stereocenters. The van der Waals surface area contributed by atoms with Crippen LogP contribution in [0.1, 0.15) is 25.7 Å². The monoisotopic (exact) mass is 277 g/mol. The standard InChI is InChI=1S/C15H19NO4/c1-20-13-7-5-12(6-8-13)16-14(17)10-3-2-4-11(9-10)15(18)19/h5-8,10-11H,2-4,9H2,1H3,(H,16,17)(H,18,19). The molecule has 0 spiro atoms. The van der Waals surface area contributed by atoms with E-state index < -0.39 is 11.9 Å². The van der Waals surface area contributed by atoms with Crippen LogP contribution in [0.25, 0.3) is 0 Å². The van der Waals surface area contributed by atoms with Crippen molar-refractivity contribution in [2.45, 2.75) is 25.7 Å². The molecule has 0 aromatic heterocycles. The number of carbonyl (C=O) groups is 2. The second-order valence-electron chi connectivity index (χ2n) is 5.12. The number of carbonyl (C=O) groups excluding carboxylic acids is 1. The minimum absolute atomic E-state index is 0.0962. The second-order valence-corrected chi connectivity index (χ2v) is 5.12. The zero-order valence-corrected chi connectivity index (χ0v) is 11.5. The third-order valence-electron chi connectivity index (χ3n) is 3.75. The summed E-state index contributed by atoms with van der Waals surface area (Å²) in [6.07, 6.45) is 2.64. The number of amides is 1. The van der Waals surface area contributed by atoms with Crippen molar-refractivity contribution < 1.29 is 19.4 Å². The molecule has 1 aliphatic carbocycles. The first-order valence-corrected chi connectivity index (χ1v) is 6.78. The summed E-state index contributed by atoms with van der Waals surface area (Å²) >= 11 is 0. The average molecular weight is 277 g/mol. The van der Waals surface area contributed by atoms with Crippen molar-refractivity contribution in [1.82, 2.24) is 0 Å². The van der Waals surface area contributed by atoms with Gasteiger partial charge in [0.1, 0.15) is 5.75 Å². The van der Waals surface area contributed by atoms with Crippen molar-refractivity contribution in [2.24, 2.45) is 11.8 Å². The SMILES string of the molecule is COc1ccc(NC(=O)C2CCCC(C(=O)O)C2)cc1. The molecule has 0 saturated heterocycles. The predicted octanol–water partition coefficient (Wildman–Crippen LogP) is 2.52. The largest absolute Gasteiger partial charge is 0.497 e. The number of hydrogen-bond donors (Lipinski definition) is 2. The molecule has 5 nitrogen and oxygen atoms in total. The quantitative estimate of drug-likeness (QED) is 0.886. The Bertz CT molecular complexity index is 483. The van der Waals surface area contributed by atoms with Gasteiger partial charge in [0, 0.05) is 11.6 Å². The van der Waals surface area contributed by atoms with E-state index in [-0.39, 0.29) is 11.8 Å². The van der Waals surface area contributed by atoms with Crippen molar-refractivity contribution in [3.05, 3.63) is 24.3 Å². The van der Waals surface area contributed by atoms with E-state index in [0.29, 0.717) is 18.5 Å². The van der Waals surface area contributed by atoms with Crippen molar-refractivity contribution in [3.8, 4) is 5.75 Å². The summed E-state index contributed by atoms with van der Waals surface area (Å²) in [7, 11) is 1.58. The van der Waals surface area contributed by atoms with Gasteiger partial charge in [0.15, 0.2) is 0 Å². The van der Waals surface area contributed by atoms with Crippen LogP contribution in [0.2, 0.25) is 0 Å². The van der Waals surface area contributed by atoms with Crippen molar-refractivity contribution in [3.63, 3.8) is 0 Å². The molecule has 1 amide bonds. The Hall–Kier alpha value is -2.04. The smallest absolute Gasteiger partial charge is 0.306 e. The van der Waals surface area contributed by atoms with E-state index in [1.807, 2.05) is 0 Å². The molecular weight excluding hydrogens is 258 g/mol. The highest BCUT2D eigenvalue weighted by atomic mass is 16.5. The average Bonchev–Trinajstić information content (AvgIpc) is 2.48. The first kappa shape index (κ1) is 14.4. The van der Waals surface area contributed by atoms with Gasteiger partial charge < -0.3 is 15.2 Å². The van der Waals surface area contributed by atoms with Crippen LogP contribution in [0.5, 0.6) is 5.75 Å². The highest BCUT2D eigenvalue weighted by molar-refractivity contribution is 5.93. The highest BCUT2D eigenvalue weighted by Crippen LogP contribution is 2.30. The summed E-state index contributed by atoms with van der Waals surface area (Å²) in [4.78, 5) is 23.2. The second kappa shape index (κ2) is 6.41. The van der Waals surface area contributed by atoms with E-state index in [0.717, 1.165) is 18.6 Å². The van der Waals surface area contributed by atoms with Crippen LogP contribution in [0.4, 0.5) is 5.69 Å². The lowest BCUT2D eigenvalue weighted by Gasteiger charge is -2.25. The number of methoxy groups -OCH3 is 1. The molecule has 0 radical (unpaired) electrons. The van der Waals surface area contributed by atoms with Gasteiger partial charge in [0.05, 0.1) is 13.0 Å². The first-order valence-electron chi connectivity index (χ1n) is 6.78. The van der Waals surface area contributed by atoms with Gasteiger partial charge in [-0.15, -0.1) is 0 Å². The summed E-state index contributed by atoms with van der Waals surface area (Å²) in [6.45, 7) is 0. The maximum Gasteiger partial charge on any atom is 0.306 e. The maximum absolute atomic E-state index is 12.2. The van der Waals surface area contributed by atoms with Crippen molar-refractivity contribution in [2.75, 3.05) is 12.4 Å². The maximum atomic E-state index is 12.2. The van der Waals surface area contributed by atoms with Crippen LogP contribution in [-0.2, 0) is 9.59 Å². The minimum Gasteiger partial charge on any atom is -0.497 e. The molecule has 1 aromatic rings. The van der Waals surface area contributed by atoms with E-state index in [1.54, 1.807) is 31.4 Å². The molecule has 0 heterocycles. The first-order chi connectivity index (χ1) is 9.60. The van der Waals surface area contributed by atoms with Gasteiger partial charge in [-0.3, -0.25) is 9.59 Å². The van der Waals surface area contributed by atoms with Crippen LogP contribution >= 0.6 is 0 Å². The molecule has 0 aliphatic heterocycles. The number of carboxylic acids is 1. The van der Waals surface area contributed by atoms with E-state index in [9.17, 15) is 9.59 Å². The molecule has 20 heavy (non-hydrogen) atoms. The molecule has 1 aromatic carbocycles. The fraction of sp³-hybridized carbons (Fsp3) is 0.467. The van der Waals surface area contributed by atoms with Gasteiger partial charge in [-0.1, -0.05) is 6.42 Å². The number of carboxylic acid groups (broad SMARTS) is 1. The Morgan fingerprint density at radius 1 is 1.20 bits per heavy atom. The summed E-state index contributed by atoms with van der Waals surface area (Å²) in [5.41, 5.74) is 0.702. The molecule has 1 fully saturated rings. The molecule has 1 aliphatic rings. The zero-order valence-electron chi connectivity index (χ0n) is 11.5. The summed E-state index contributed by atoms with van der Waals surface area (Å²) < 4.78 is 5.05. The van der Waals surface area contributed by atoms with E-state index in [1.165, 1.54) is 0 Å². The van der Waals surface area contributed by atoms with E-state index in [2.05, 4.69) is 5.32 Å². The number of rotatable bonds is 4. The number of ether oxygens (including phenoxy) is 1. The lowest BCUT2D eigenvalue weighted by atomic mass is 9.81. The van der Waals surface area contributed by atoms with E-state index in [4.69, 9.17) is 9.84 Å². The zero-order chi connectivity index (χ0) is 14.5. The predicted molar refractivity (Wildman–Crippen MR) is 74.7 cm³/mol. The Morgan fingerprint density at radius 2 is 1.85 bits per heavy atom. The number of hydrogen-bond acceptors (Lipinski definition) is 3. The van der Waals surface area contributed by atoms with Crippen molar-refractivity contribution >= 4 is 17.6 Å². The molecular formula is C15H19NO4.